The number of hydrogen-bond acceptors (Lipinski definition) is 2. The highest BCUT2D eigenvalue weighted by Crippen LogP contribution is 2.23. The fourth-order valence-corrected chi connectivity index (χ4v) is 2.57. The zero-order valence-electron chi connectivity index (χ0n) is 10.3. The van der Waals surface area contributed by atoms with Crippen LogP contribution < -0.4 is 0 Å². The Balaban J connectivity index is 2.27. The second kappa shape index (κ2) is 5.41. The molecule has 0 aromatic heterocycles. The van der Waals surface area contributed by atoms with Gasteiger partial charge < -0.3 is 4.90 Å². The molecule has 3 nitrogen and oxygen atoms in total. The molecule has 94 valence electrons. The normalized spacial score (nSPS) is 19.4. The lowest BCUT2D eigenvalue weighted by Gasteiger charge is -2.31. The molecular formula is C14H15ClN2O. The van der Waals surface area contributed by atoms with Crippen LogP contribution in [0.3, 0.4) is 0 Å². The molecule has 1 amide bonds. The summed E-state index contributed by atoms with van der Waals surface area (Å²) in [5.41, 5.74) is 1.51. The second-order valence-electron chi connectivity index (χ2n) is 4.62. The molecule has 0 saturated carbocycles. The Hall–Kier alpha value is -1.53. The number of benzene rings is 1. The zero-order chi connectivity index (χ0) is 13.1. The highest BCUT2D eigenvalue weighted by Gasteiger charge is 2.28. The van der Waals surface area contributed by atoms with E-state index in [1.807, 2.05) is 13.0 Å². The van der Waals surface area contributed by atoms with E-state index in [1.165, 1.54) is 0 Å². The average Bonchev–Trinajstić information content (AvgIpc) is 2.38. The topological polar surface area (TPSA) is 44.1 Å². The maximum Gasteiger partial charge on any atom is 0.256 e. The van der Waals surface area contributed by atoms with Crippen molar-refractivity contribution in [2.24, 2.45) is 0 Å². The van der Waals surface area contributed by atoms with Crippen molar-refractivity contribution in [3.05, 3.63) is 34.3 Å². The molecule has 1 aliphatic heterocycles. The molecule has 0 N–H and O–H groups in total. The van der Waals surface area contributed by atoms with E-state index >= 15 is 0 Å². The average molecular weight is 263 g/mol. The van der Waals surface area contributed by atoms with E-state index in [2.05, 4.69) is 6.07 Å². The SMILES string of the molecule is Cc1ccc(C(=O)N2CCCCC2C#N)c(Cl)c1. The van der Waals surface area contributed by atoms with Gasteiger partial charge in [0.2, 0.25) is 0 Å². The maximum absolute atomic E-state index is 12.4. The van der Waals surface area contributed by atoms with Gasteiger partial charge >= 0.3 is 0 Å². The van der Waals surface area contributed by atoms with Crippen molar-refractivity contribution in [3.8, 4) is 6.07 Å². The van der Waals surface area contributed by atoms with Crippen LogP contribution in [0.2, 0.25) is 5.02 Å². The third kappa shape index (κ3) is 2.49. The zero-order valence-corrected chi connectivity index (χ0v) is 11.1. The summed E-state index contributed by atoms with van der Waals surface area (Å²) in [6.07, 6.45) is 2.71. The van der Waals surface area contributed by atoms with E-state index in [-0.39, 0.29) is 11.9 Å². The minimum atomic E-state index is -0.316. The van der Waals surface area contributed by atoms with E-state index in [4.69, 9.17) is 16.9 Å². The van der Waals surface area contributed by atoms with E-state index in [1.54, 1.807) is 17.0 Å². The van der Waals surface area contributed by atoms with Crippen LogP contribution in [0, 0.1) is 18.3 Å². The molecule has 1 fully saturated rings. The van der Waals surface area contributed by atoms with Gasteiger partial charge in [0.1, 0.15) is 6.04 Å². The molecule has 2 rings (SSSR count). The highest BCUT2D eigenvalue weighted by atomic mass is 35.5. The van der Waals surface area contributed by atoms with Crippen LogP contribution in [0.25, 0.3) is 0 Å². The van der Waals surface area contributed by atoms with Crippen LogP contribution in [-0.2, 0) is 0 Å². The number of aryl methyl sites for hydroxylation is 1. The van der Waals surface area contributed by atoms with Gasteiger partial charge in [0.15, 0.2) is 0 Å². The third-order valence-corrected chi connectivity index (χ3v) is 3.58. The van der Waals surface area contributed by atoms with E-state index < -0.39 is 0 Å². The van der Waals surface area contributed by atoms with E-state index in [9.17, 15) is 4.79 Å². The number of amides is 1. The minimum Gasteiger partial charge on any atom is -0.323 e. The summed E-state index contributed by atoms with van der Waals surface area (Å²) in [7, 11) is 0. The van der Waals surface area contributed by atoms with Gasteiger partial charge in [0, 0.05) is 6.54 Å². The maximum atomic E-state index is 12.4. The van der Waals surface area contributed by atoms with Crippen LogP contribution in [0.5, 0.6) is 0 Å². The van der Waals surface area contributed by atoms with E-state index in [0.717, 1.165) is 24.8 Å². The first-order valence-electron chi connectivity index (χ1n) is 6.10. The monoisotopic (exact) mass is 262 g/mol. The van der Waals surface area contributed by atoms with Crippen molar-refractivity contribution in [1.82, 2.24) is 4.90 Å². The first-order valence-corrected chi connectivity index (χ1v) is 6.48. The lowest BCUT2D eigenvalue weighted by molar-refractivity contribution is 0.0671. The number of piperidine rings is 1. The Morgan fingerprint density at radius 2 is 2.28 bits per heavy atom. The molecule has 1 saturated heterocycles. The van der Waals surface area contributed by atoms with Crippen molar-refractivity contribution in [3.63, 3.8) is 0 Å². The summed E-state index contributed by atoms with van der Waals surface area (Å²) in [6, 6.07) is 7.26. The van der Waals surface area contributed by atoms with Gasteiger partial charge in [-0.25, -0.2) is 0 Å². The highest BCUT2D eigenvalue weighted by molar-refractivity contribution is 6.33. The van der Waals surface area contributed by atoms with Gasteiger partial charge in [-0.1, -0.05) is 17.7 Å². The largest absolute Gasteiger partial charge is 0.323 e. The Bertz CT molecular complexity index is 507. The number of carbonyl (C=O) groups is 1. The third-order valence-electron chi connectivity index (χ3n) is 3.27. The summed E-state index contributed by atoms with van der Waals surface area (Å²) in [6.45, 7) is 2.57. The molecule has 0 spiro atoms. The molecule has 18 heavy (non-hydrogen) atoms. The predicted octanol–water partition coefficient (Wildman–Crippen LogP) is 3.17. The first kappa shape index (κ1) is 12.9. The van der Waals surface area contributed by atoms with Crippen LogP contribution >= 0.6 is 11.6 Å². The fraction of sp³-hybridized carbons (Fsp3) is 0.429. The predicted molar refractivity (Wildman–Crippen MR) is 70.5 cm³/mol. The van der Waals surface area contributed by atoms with Crippen molar-refractivity contribution in [2.45, 2.75) is 32.2 Å². The van der Waals surface area contributed by atoms with Crippen LogP contribution in [0.4, 0.5) is 0 Å². The van der Waals surface area contributed by atoms with Crippen LogP contribution in [-0.4, -0.2) is 23.4 Å². The lowest BCUT2D eigenvalue weighted by Crippen LogP contribution is -2.43. The Morgan fingerprint density at radius 3 is 2.94 bits per heavy atom. The smallest absolute Gasteiger partial charge is 0.256 e. The summed E-state index contributed by atoms with van der Waals surface area (Å²) < 4.78 is 0. The quantitative estimate of drug-likeness (QED) is 0.780. The number of carbonyl (C=O) groups excluding carboxylic acids is 1. The van der Waals surface area contributed by atoms with Crippen molar-refractivity contribution >= 4 is 17.5 Å². The Labute approximate surface area is 112 Å². The molecule has 1 aromatic carbocycles. The first-order chi connectivity index (χ1) is 8.63. The number of rotatable bonds is 1. The van der Waals surface area contributed by atoms with Crippen LogP contribution in [0.1, 0.15) is 35.2 Å². The standard InChI is InChI=1S/C14H15ClN2O/c1-10-5-6-12(13(15)8-10)14(18)17-7-3-2-4-11(17)9-16/h5-6,8,11H,2-4,7H2,1H3. The molecule has 1 atom stereocenters. The van der Waals surface area contributed by atoms with Crippen LogP contribution in [0.15, 0.2) is 18.2 Å². The number of hydrogen-bond donors (Lipinski definition) is 0. The number of likely N-dealkylation sites (tertiary alicyclic amines) is 1. The molecule has 4 heteroatoms. The van der Waals surface area contributed by atoms with Gasteiger partial charge in [-0.15, -0.1) is 0 Å². The van der Waals surface area contributed by atoms with Gasteiger partial charge in [-0.3, -0.25) is 4.79 Å². The number of halogens is 1. The molecule has 1 aromatic rings. The van der Waals surface area contributed by atoms with E-state index in [0.29, 0.717) is 17.1 Å². The van der Waals surface area contributed by atoms with Gasteiger partial charge in [-0.05, 0) is 43.9 Å². The summed E-state index contributed by atoms with van der Waals surface area (Å²) >= 11 is 6.10. The molecular weight excluding hydrogens is 248 g/mol. The molecule has 0 bridgehead atoms. The summed E-state index contributed by atoms with van der Waals surface area (Å²) in [4.78, 5) is 14.0. The van der Waals surface area contributed by atoms with Gasteiger partial charge in [0.05, 0.1) is 16.7 Å². The van der Waals surface area contributed by atoms with Gasteiger partial charge in [-0.2, -0.15) is 5.26 Å². The number of nitriles is 1. The van der Waals surface area contributed by atoms with Crippen molar-refractivity contribution < 1.29 is 4.79 Å². The number of nitrogens with zero attached hydrogens (tertiary/aromatic N) is 2. The van der Waals surface area contributed by atoms with Crippen molar-refractivity contribution in [1.29, 1.82) is 5.26 Å². The minimum absolute atomic E-state index is 0.133. The lowest BCUT2D eigenvalue weighted by atomic mass is 10.0. The molecule has 1 aliphatic rings. The Kier molecular flexibility index (Phi) is 3.88. The Morgan fingerprint density at radius 1 is 1.50 bits per heavy atom. The fourth-order valence-electron chi connectivity index (χ4n) is 2.26. The second-order valence-corrected chi connectivity index (χ2v) is 5.03. The molecule has 1 heterocycles. The summed E-state index contributed by atoms with van der Waals surface area (Å²) in [5.74, 6) is -0.133. The molecule has 0 radical (unpaired) electrons. The summed E-state index contributed by atoms with van der Waals surface area (Å²) in [5, 5.41) is 9.55. The molecule has 0 aliphatic carbocycles. The van der Waals surface area contributed by atoms with Gasteiger partial charge in [0.25, 0.3) is 5.91 Å². The molecule has 1 unspecified atom stereocenters. The van der Waals surface area contributed by atoms with Crippen molar-refractivity contribution in [2.75, 3.05) is 6.54 Å².